The van der Waals surface area contributed by atoms with Gasteiger partial charge in [0, 0.05) is 24.7 Å². The van der Waals surface area contributed by atoms with Gasteiger partial charge in [-0.15, -0.1) is 0 Å². The van der Waals surface area contributed by atoms with Gasteiger partial charge in [-0.3, -0.25) is 4.79 Å². The van der Waals surface area contributed by atoms with E-state index in [0.29, 0.717) is 13.0 Å². The van der Waals surface area contributed by atoms with E-state index < -0.39 is 0 Å². The largest absolute Gasteiger partial charge is 0.464 e. The molecule has 1 aromatic heterocycles. The van der Waals surface area contributed by atoms with Crippen LogP contribution in [-0.2, 0) is 16.0 Å². The number of aliphatic hydroxyl groups excluding tert-OH is 1. The second kappa shape index (κ2) is 7.24. The van der Waals surface area contributed by atoms with Crippen LogP contribution in [0.5, 0.6) is 0 Å². The Morgan fingerprint density at radius 2 is 2.29 bits per heavy atom. The van der Waals surface area contributed by atoms with Crippen LogP contribution in [0.2, 0.25) is 0 Å². The lowest BCUT2D eigenvalue weighted by Crippen LogP contribution is -2.39. The number of benzene rings is 1. The Kier molecular flexibility index (Phi) is 5.36. The molecule has 0 saturated carbocycles. The number of carbonyl (C=O) groups excluding carboxylic acids is 1. The van der Waals surface area contributed by atoms with Crippen LogP contribution < -0.4 is 5.32 Å². The smallest absolute Gasteiger partial charge is 0.224 e. The summed E-state index contributed by atoms with van der Waals surface area (Å²) < 4.78 is 10.5. The number of carbonyl (C=O) groups is 1. The summed E-state index contributed by atoms with van der Waals surface area (Å²) in [5.74, 6) is -0.103. The average Bonchev–Trinajstić information content (AvgIpc) is 2.81. The highest BCUT2D eigenvalue weighted by Crippen LogP contribution is 2.22. The molecule has 21 heavy (non-hydrogen) atoms. The summed E-state index contributed by atoms with van der Waals surface area (Å²) in [5.41, 5.74) is 2.78. The topological polar surface area (TPSA) is 71.7 Å². The number of methoxy groups -OCH3 is 1. The molecule has 0 fully saturated rings. The predicted molar refractivity (Wildman–Crippen MR) is 80.2 cm³/mol. The maximum atomic E-state index is 12.1. The van der Waals surface area contributed by atoms with Crippen LogP contribution in [0.3, 0.4) is 0 Å². The van der Waals surface area contributed by atoms with E-state index in [2.05, 4.69) is 5.32 Å². The van der Waals surface area contributed by atoms with Crippen molar-refractivity contribution in [1.29, 1.82) is 0 Å². The summed E-state index contributed by atoms with van der Waals surface area (Å²) in [5, 5.41) is 12.8. The number of amides is 1. The summed E-state index contributed by atoms with van der Waals surface area (Å²) in [6.45, 7) is 2.40. The molecule has 2 aromatic rings. The molecule has 1 amide bonds. The zero-order valence-electron chi connectivity index (χ0n) is 12.4. The second-order valence-corrected chi connectivity index (χ2v) is 5.17. The molecule has 114 valence electrons. The minimum Gasteiger partial charge on any atom is -0.464 e. The number of furan rings is 1. The summed E-state index contributed by atoms with van der Waals surface area (Å²) in [6, 6.07) is 5.75. The third-order valence-corrected chi connectivity index (χ3v) is 3.37. The van der Waals surface area contributed by atoms with E-state index >= 15 is 0 Å². The van der Waals surface area contributed by atoms with Gasteiger partial charge in [0.2, 0.25) is 5.91 Å². The quantitative estimate of drug-likeness (QED) is 0.816. The SMILES string of the molecule is COCC(CCO)NC(=O)Cc1coc2cc(C)ccc12. The van der Waals surface area contributed by atoms with Gasteiger partial charge in [-0.2, -0.15) is 0 Å². The van der Waals surface area contributed by atoms with E-state index in [1.165, 1.54) is 0 Å². The van der Waals surface area contributed by atoms with Crippen molar-refractivity contribution in [2.45, 2.75) is 25.8 Å². The minimum atomic E-state index is -0.173. The van der Waals surface area contributed by atoms with Crippen molar-refractivity contribution >= 4 is 16.9 Å². The summed E-state index contributed by atoms with van der Waals surface area (Å²) in [4.78, 5) is 12.1. The summed E-state index contributed by atoms with van der Waals surface area (Å²) in [6.07, 6.45) is 2.35. The Morgan fingerprint density at radius 3 is 3.00 bits per heavy atom. The van der Waals surface area contributed by atoms with E-state index in [4.69, 9.17) is 14.3 Å². The highest BCUT2D eigenvalue weighted by molar-refractivity contribution is 5.88. The van der Waals surface area contributed by atoms with Gasteiger partial charge >= 0.3 is 0 Å². The lowest BCUT2D eigenvalue weighted by atomic mass is 10.1. The monoisotopic (exact) mass is 291 g/mol. The number of fused-ring (bicyclic) bond motifs is 1. The summed E-state index contributed by atoms with van der Waals surface area (Å²) >= 11 is 0. The zero-order valence-corrected chi connectivity index (χ0v) is 12.4. The van der Waals surface area contributed by atoms with Crippen LogP contribution in [-0.4, -0.2) is 37.4 Å². The Bertz CT molecular complexity index is 599. The van der Waals surface area contributed by atoms with Gasteiger partial charge in [-0.05, 0) is 25.0 Å². The Morgan fingerprint density at radius 1 is 1.48 bits per heavy atom. The highest BCUT2D eigenvalue weighted by Gasteiger charge is 2.14. The fourth-order valence-corrected chi connectivity index (χ4v) is 2.33. The maximum Gasteiger partial charge on any atom is 0.224 e. The van der Waals surface area contributed by atoms with Crippen molar-refractivity contribution in [3.05, 3.63) is 35.6 Å². The van der Waals surface area contributed by atoms with Crippen molar-refractivity contribution in [2.24, 2.45) is 0 Å². The Balaban J connectivity index is 2.03. The molecule has 1 heterocycles. The number of rotatable bonds is 7. The molecule has 1 atom stereocenters. The van der Waals surface area contributed by atoms with Crippen molar-refractivity contribution in [3.63, 3.8) is 0 Å². The molecule has 0 spiro atoms. The lowest BCUT2D eigenvalue weighted by Gasteiger charge is -2.16. The molecular formula is C16H21NO4. The van der Waals surface area contributed by atoms with E-state index in [0.717, 1.165) is 22.1 Å². The zero-order chi connectivity index (χ0) is 15.2. The lowest BCUT2D eigenvalue weighted by molar-refractivity contribution is -0.121. The molecule has 1 aromatic carbocycles. The molecule has 5 nitrogen and oxygen atoms in total. The molecule has 2 N–H and O–H groups in total. The Labute approximate surface area is 123 Å². The first kappa shape index (κ1) is 15.5. The molecule has 1 unspecified atom stereocenters. The first-order valence-corrected chi connectivity index (χ1v) is 7.00. The van der Waals surface area contributed by atoms with Gasteiger partial charge in [0.25, 0.3) is 0 Å². The highest BCUT2D eigenvalue weighted by atomic mass is 16.5. The van der Waals surface area contributed by atoms with Gasteiger partial charge in [0.05, 0.1) is 25.3 Å². The molecule has 0 bridgehead atoms. The van der Waals surface area contributed by atoms with Crippen LogP contribution in [0.1, 0.15) is 17.5 Å². The van der Waals surface area contributed by atoms with Crippen LogP contribution in [0, 0.1) is 6.92 Å². The molecule has 0 aliphatic heterocycles. The van der Waals surface area contributed by atoms with Crippen LogP contribution in [0.15, 0.2) is 28.9 Å². The molecule has 5 heteroatoms. The average molecular weight is 291 g/mol. The molecule has 0 aliphatic carbocycles. The summed E-state index contributed by atoms with van der Waals surface area (Å²) in [7, 11) is 1.57. The van der Waals surface area contributed by atoms with Crippen LogP contribution >= 0.6 is 0 Å². The maximum absolute atomic E-state index is 12.1. The standard InChI is InChI=1S/C16H21NO4/c1-11-3-4-14-12(9-21-15(14)7-11)8-16(19)17-13(5-6-18)10-20-2/h3-4,7,9,13,18H,5-6,8,10H2,1-2H3,(H,17,19). The van der Waals surface area contributed by atoms with Gasteiger partial charge in [0.15, 0.2) is 0 Å². The third kappa shape index (κ3) is 4.06. The number of nitrogens with one attached hydrogen (secondary N) is 1. The molecule has 2 rings (SSSR count). The fourth-order valence-electron chi connectivity index (χ4n) is 2.33. The molecule has 0 aliphatic rings. The normalized spacial score (nSPS) is 12.5. The van der Waals surface area contributed by atoms with Crippen molar-refractivity contribution < 1.29 is 19.1 Å². The second-order valence-electron chi connectivity index (χ2n) is 5.17. The first-order chi connectivity index (χ1) is 10.1. The van der Waals surface area contributed by atoms with Gasteiger partial charge in [0.1, 0.15) is 5.58 Å². The van der Waals surface area contributed by atoms with Gasteiger partial charge in [-0.25, -0.2) is 0 Å². The first-order valence-electron chi connectivity index (χ1n) is 7.00. The van der Waals surface area contributed by atoms with E-state index in [1.54, 1.807) is 13.4 Å². The van der Waals surface area contributed by atoms with Crippen LogP contribution in [0.4, 0.5) is 0 Å². The molecular weight excluding hydrogens is 270 g/mol. The van der Waals surface area contributed by atoms with Gasteiger partial charge < -0.3 is 19.6 Å². The van der Waals surface area contributed by atoms with Crippen molar-refractivity contribution in [1.82, 2.24) is 5.32 Å². The molecule has 0 saturated heterocycles. The van der Waals surface area contributed by atoms with E-state index in [-0.39, 0.29) is 25.0 Å². The minimum absolute atomic E-state index is 0.0161. The number of aliphatic hydroxyl groups is 1. The van der Waals surface area contributed by atoms with Crippen molar-refractivity contribution in [2.75, 3.05) is 20.3 Å². The number of aryl methyl sites for hydroxylation is 1. The third-order valence-electron chi connectivity index (χ3n) is 3.37. The van der Waals surface area contributed by atoms with Gasteiger partial charge in [-0.1, -0.05) is 12.1 Å². The predicted octanol–water partition coefficient (Wildman–Crippen LogP) is 1.80. The Hall–Kier alpha value is -1.85. The van der Waals surface area contributed by atoms with E-state index in [1.807, 2.05) is 25.1 Å². The van der Waals surface area contributed by atoms with Crippen LogP contribution in [0.25, 0.3) is 11.0 Å². The molecule has 0 radical (unpaired) electrons. The fraction of sp³-hybridized carbons (Fsp3) is 0.438. The van der Waals surface area contributed by atoms with Crippen molar-refractivity contribution in [3.8, 4) is 0 Å². The number of hydrogen-bond donors (Lipinski definition) is 2. The number of hydrogen-bond acceptors (Lipinski definition) is 4. The van der Waals surface area contributed by atoms with E-state index in [9.17, 15) is 4.79 Å². The number of ether oxygens (including phenoxy) is 1.